The SMILES string of the molecule is Cc1noc(C)c1COc1ccccc1C(=O)N(C)CCCc1cc(-c2cccc(F)c2)n[nH]1. The minimum atomic E-state index is -0.293. The van der Waals surface area contributed by atoms with Crippen LogP contribution in [0.1, 0.15) is 39.5 Å². The number of hydrogen-bond donors (Lipinski definition) is 1. The van der Waals surface area contributed by atoms with Crippen LogP contribution in [-0.2, 0) is 13.0 Å². The Labute approximate surface area is 197 Å². The molecule has 1 N–H and O–H groups in total. The first-order chi connectivity index (χ1) is 16.4. The Morgan fingerprint density at radius 2 is 1.97 bits per heavy atom. The van der Waals surface area contributed by atoms with E-state index in [-0.39, 0.29) is 18.3 Å². The van der Waals surface area contributed by atoms with Crippen LogP contribution in [0.2, 0.25) is 0 Å². The Morgan fingerprint density at radius 3 is 2.74 bits per heavy atom. The number of benzene rings is 2. The molecule has 0 bridgehead atoms. The van der Waals surface area contributed by atoms with Crippen LogP contribution >= 0.6 is 0 Å². The number of ether oxygens (including phenoxy) is 1. The zero-order valence-electron chi connectivity index (χ0n) is 19.5. The molecule has 0 saturated carbocycles. The van der Waals surface area contributed by atoms with Crippen LogP contribution in [-0.4, -0.2) is 39.8 Å². The van der Waals surface area contributed by atoms with E-state index in [0.29, 0.717) is 35.7 Å². The van der Waals surface area contributed by atoms with Gasteiger partial charge in [0.05, 0.1) is 22.5 Å². The third kappa shape index (κ3) is 5.33. The molecule has 176 valence electrons. The number of halogens is 1. The molecule has 1 amide bonds. The van der Waals surface area contributed by atoms with Gasteiger partial charge < -0.3 is 14.2 Å². The number of aromatic nitrogens is 3. The quantitative estimate of drug-likeness (QED) is 0.374. The van der Waals surface area contributed by atoms with E-state index in [9.17, 15) is 9.18 Å². The lowest BCUT2D eigenvalue weighted by Crippen LogP contribution is -2.28. The number of rotatable bonds is 9. The number of carbonyl (C=O) groups excluding carboxylic acids is 1. The van der Waals surface area contributed by atoms with E-state index in [0.717, 1.165) is 28.9 Å². The summed E-state index contributed by atoms with van der Waals surface area (Å²) >= 11 is 0. The predicted molar refractivity (Wildman–Crippen MR) is 126 cm³/mol. The standard InChI is InChI=1S/C26H27FN4O3/c1-17-23(18(2)34-30-17)16-33-25-12-5-4-11-22(25)26(32)31(3)13-7-10-21-15-24(29-28-21)19-8-6-9-20(27)14-19/h4-6,8-9,11-12,14-15H,7,10,13,16H2,1-3H3,(H,28,29). The lowest BCUT2D eigenvalue weighted by molar-refractivity contribution is 0.0788. The van der Waals surface area contributed by atoms with Crippen molar-refractivity contribution in [1.82, 2.24) is 20.3 Å². The normalized spacial score (nSPS) is 10.9. The zero-order valence-corrected chi connectivity index (χ0v) is 19.5. The third-order valence-corrected chi connectivity index (χ3v) is 5.71. The molecule has 4 rings (SSSR count). The summed E-state index contributed by atoms with van der Waals surface area (Å²) in [6.45, 7) is 4.54. The molecule has 2 aromatic carbocycles. The number of aryl methyl sites for hydroxylation is 3. The van der Waals surface area contributed by atoms with Crippen molar-refractivity contribution in [2.75, 3.05) is 13.6 Å². The van der Waals surface area contributed by atoms with Gasteiger partial charge in [0.25, 0.3) is 5.91 Å². The van der Waals surface area contributed by atoms with Crippen molar-refractivity contribution < 1.29 is 18.4 Å². The summed E-state index contributed by atoms with van der Waals surface area (Å²) in [5, 5.41) is 11.2. The van der Waals surface area contributed by atoms with Gasteiger partial charge in [0.1, 0.15) is 23.9 Å². The van der Waals surface area contributed by atoms with E-state index in [1.807, 2.05) is 38.1 Å². The second-order valence-electron chi connectivity index (χ2n) is 8.21. The molecule has 2 heterocycles. The molecule has 34 heavy (non-hydrogen) atoms. The Morgan fingerprint density at radius 1 is 1.15 bits per heavy atom. The number of hydrogen-bond acceptors (Lipinski definition) is 5. The number of nitrogens with zero attached hydrogens (tertiary/aromatic N) is 3. The van der Waals surface area contributed by atoms with Crippen molar-refractivity contribution in [2.24, 2.45) is 0 Å². The van der Waals surface area contributed by atoms with Gasteiger partial charge in [-0.1, -0.05) is 29.4 Å². The van der Waals surface area contributed by atoms with Gasteiger partial charge in [-0.15, -0.1) is 0 Å². The topological polar surface area (TPSA) is 84.2 Å². The van der Waals surface area contributed by atoms with E-state index in [4.69, 9.17) is 9.26 Å². The van der Waals surface area contributed by atoms with Gasteiger partial charge in [0.15, 0.2) is 0 Å². The second-order valence-corrected chi connectivity index (χ2v) is 8.21. The fourth-order valence-electron chi connectivity index (χ4n) is 3.73. The Hall–Kier alpha value is -3.94. The molecule has 0 radical (unpaired) electrons. The molecule has 0 saturated heterocycles. The predicted octanol–water partition coefficient (Wildman–Crippen LogP) is 5.10. The molecule has 0 aliphatic rings. The lowest BCUT2D eigenvalue weighted by atomic mass is 10.1. The molecule has 0 spiro atoms. The van der Waals surface area contributed by atoms with E-state index >= 15 is 0 Å². The second kappa shape index (κ2) is 10.3. The monoisotopic (exact) mass is 462 g/mol. The van der Waals surface area contributed by atoms with Crippen LogP contribution in [0.4, 0.5) is 4.39 Å². The minimum absolute atomic E-state index is 0.112. The highest BCUT2D eigenvalue weighted by Crippen LogP contribution is 2.23. The first kappa shape index (κ1) is 23.2. The maximum Gasteiger partial charge on any atom is 0.257 e. The van der Waals surface area contributed by atoms with E-state index in [2.05, 4.69) is 15.4 Å². The summed E-state index contributed by atoms with van der Waals surface area (Å²) in [6, 6.07) is 15.5. The van der Waals surface area contributed by atoms with Crippen LogP contribution < -0.4 is 4.74 Å². The highest BCUT2D eigenvalue weighted by atomic mass is 19.1. The lowest BCUT2D eigenvalue weighted by Gasteiger charge is -2.19. The highest BCUT2D eigenvalue weighted by Gasteiger charge is 2.18. The van der Waals surface area contributed by atoms with Gasteiger partial charge in [-0.05, 0) is 57.0 Å². The minimum Gasteiger partial charge on any atom is -0.488 e. The molecule has 2 aromatic heterocycles. The Kier molecular flexibility index (Phi) is 7.06. The number of para-hydroxylation sites is 1. The van der Waals surface area contributed by atoms with Crippen LogP contribution in [0.25, 0.3) is 11.3 Å². The smallest absolute Gasteiger partial charge is 0.257 e. The highest BCUT2D eigenvalue weighted by molar-refractivity contribution is 5.96. The van der Waals surface area contributed by atoms with Gasteiger partial charge >= 0.3 is 0 Å². The van der Waals surface area contributed by atoms with Crippen molar-refractivity contribution >= 4 is 5.91 Å². The van der Waals surface area contributed by atoms with Crippen LogP contribution in [0.3, 0.4) is 0 Å². The molecule has 0 aliphatic carbocycles. The zero-order chi connectivity index (χ0) is 24.1. The van der Waals surface area contributed by atoms with Gasteiger partial charge in [0.2, 0.25) is 0 Å². The molecule has 0 fully saturated rings. The summed E-state index contributed by atoms with van der Waals surface area (Å²) in [5.74, 6) is 0.822. The van der Waals surface area contributed by atoms with E-state index in [1.165, 1.54) is 12.1 Å². The van der Waals surface area contributed by atoms with Gasteiger partial charge in [-0.2, -0.15) is 5.10 Å². The average Bonchev–Trinajstić information content (AvgIpc) is 3.44. The van der Waals surface area contributed by atoms with Crippen molar-refractivity contribution in [1.29, 1.82) is 0 Å². The van der Waals surface area contributed by atoms with Gasteiger partial charge in [-0.25, -0.2) is 4.39 Å². The summed E-state index contributed by atoms with van der Waals surface area (Å²) in [7, 11) is 1.78. The molecule has 8 heteroatoms. The number of carbonyl (C=O) groups is 1. The van der Waals surface area contributed by atoms with Crippen LogP contribution in [0.5, 0.6) is 5.75 Å². The van der Waals surface area contributed by atoms with Gasteiger partial charge in [0, 0.05) is 24.8 Å². The fraction of sp³-hybridized carbons (Fsp3) is 0.269. The summed E-state index contributed by atoms with van der Waals surface area (Å²) in [5.41, 5.74) is 4.52. The fourth-order valence-corrected chi connectivity index (χ4v) is 3.73. The van der Waals surface area contributed by atoms with Crippen molar-refractivity contribution in [2.45, 2.75) is 33.3 Å². The number of aromatic amines is 1. The molecule has 0 unspecified atom stereocenters. The molecule has 7 nitrogen and oxygen atoms in total. The maximum atomic E-state index is 13.5. The maximum absolute atomic E-state index is 13.5. The third-order valence-electron chi connectivity index (χ3n) is 5.71. The average molecular weight is 463 g/mol. The van der Waals surface area contributed by atoms with Crippen molar-refractivity contribution in [3.05, 3.63) is 88.7 Å². The molecular weight excluding hydrogens is 435 g/mol. The molecule has 0 aliphatic heterocycles. The summed E-state index contributed by atoms with van der Waals surface area (Å²) < 4.78 is 24.6. The molecule has 0 atom stereocenters. The molecule has 4 aromatic rings. The number of H-pyrrole nitrogens is 1. The van der Waals surface area contributed by atoms with Crippen LogP contribution in [0.15, 0.2) is 59.1 Å². The largest absolute Gasteiger partial charge is 0.488 e. The Bertz CT molecular complexity index is 1260. The van der Waals surface area contributed by atoms with Gasteiger partial charge in [-0.3, -0.25) is 9.89 Å². The van der Waals surface area contributed by atoms with E-state index in [1.54, 1.807) is 30.1 Å². The van der Waals surface area contributed by atoms with Crippen LogP contribution in [0, 0.1) is 19.7 Å². The number of nitrogens with one attached hydrogen (secondary N) is 1. The first-order valence-corrected chi connectivity index (χ1v) is 11.1. The molecular formula is C26H27FN4O3. The number of amides is 1. The summed E-state index contributed by atoms with van der Waals surface area (Å²) in [4.78, 5) is 14.8. The van der Waals surface area contributed by atoms with Crippen molar-refractivity contribution in [3.8, 4) is 17.0 Å². The van der Waals surface area contributed by atoms with Crippen molar-refractivity contribution in [3.63, 3.8) is 0 Å². The Balaban J connectivity index is 1.34. The summed E-state index contributed by atoms with van der Waals surface area (Å²) in [6.07, 6.45) is 1.46. The van der Waals surface area contributed by atoms with E-state index < -0.39 is 0 Å². The first-order valence-electron chi connectivity index (χ1n) is 11.1.